The zero-order chi connectivity index (χ0) is 46.7. The van der Waals surface area contributed by atoms with Crippen molar-refractivity contribution in [3.8, 4) is 22.3 Å². The topological polar surface area (TPSA) is 9.72 Å². The molecular weight excluding hydrogens is 822 g/mol. The van der Waals surface area contributed by atoms with Crippen LogP contribution in [0.5, 0.6) is 0 Å². The maximum absolute atomic E-state index is 2.78. The fraction of sp³-hybridized carbons (Fsp3) is 0.250. The highest BCUT2D eigenvalue weighted by atomic mass is 15.3. The first-order chi connectivity index (χ1) is 32.8. The second kappa shape index (κ2) is 15.4. The fourth-order valence-electron chi connectivity index (χ4n) is 12.7. The molecule has 0 bridgehead atoms. The van der Waals surface area contributed by atoms with Gasteiger partial charge in [0.15, 0.2) is 0 Å². The van der Waals surface area contributed by atoms with Crippen molar-refractivity contribution in [2.24, 2.45) is 0 Å². The van der Waals surface area contributed by atoms with Gasteiger partial charge in [-0.15, -0.1) is 0 Å². The van der Waals surface area contributed by atoms with Crippen molar-refractivity contribution in [2.45, 2.75) is 103 Å². The summed E-state index contributed by atoms with van der Waals surface area (Å²) >= 11 is 0. The Morgan fingerprint density at radius 2 is 0.868 bits per heavy atom. The first kappa shape index (κ1) is 42.6. The molecule has 8 aromatic carbocycles. The third kappa shape index (κ3) is 6.32. The van der Waals surface area contributed by atoms with E-state index in [1.54, 1.807) is 0 Å². The molecule has 2 atom stereocenters. The number of anilines is 8. The molecule has 3 nitrogen and oxygen atoms in total. The van der Waals surface area contributed by atoms with Gasteiger partial charge in [-0.05, 0) is 129 Å². The van der Waals surface area contributed by atoms with Gasteiger partial charge in [0, 0.05) is 50.7 Å². The van der Waals surface area contributed by atoms with Gasteiger partial charge in [0.25, 0.3) is 6.71 Å². The van der Waals surface area contributed by atoms with Crippen LogP contribution in [0.15, 0.2) is 182 Å². The van der Waals surface area contributed by atoms with Gasteiger partial charge < -0.3 is 14.7 Å². The molecule has 0 saturated heterocycles. The Morgan fingerprint density at radius 3 is 1.37 bits per heavy atom. The first-order valence-corrected chi connectivity index (χ1v) is 25.0. The molecule has 336 valence electrons. The average Bonchev–Trinajstić information content (AvgIpc) is 3.56. The van der Waals surface area contributed by atoms with Gasteiger partial charge in [0.2, 0.25) is 0 Å². The smallest absolute Gasteiger partial charge is 0.252 e. The van der Waals surface area contributed by atoms with Crippen molar-refractivity contribution in [1.82, 2.24) is 0 Å². The minimum absolute atomic E-state index is 0.00260. The fourth-order valence-corrected chi connectivity index (χ4v) is 12.7. The zero-order valence-corrected chi connectivity index (χ0v) is 41.1. The summed E-state index contributed by atoms with van der Waals surface area (Å²) in [6, 6.07) is 69.7. The Bertz CT molecular complexity index is 3100. The van der Waals surface area contributed by atoms with Crippen molar-refractivity contribution in [2.75, 3.05) is 14.7 Å². The lowest BCUT2D eigenvalue weighted by molar-refractivity contribution is 0.195. The number of fused-ring (bicyclic) bond motifs is 7. The molecule has 68 heavy (non-hydrogen) atoms. The van der Waals surface area contributed by atoms with Crippen molar-refractivity contribution >= 4 is 68.6 Å². The molecule has 1 fully saturated rings. The molecule has 8 aromatic rings. The molecule has 0 spiro atoms. The minimum Gasteiger partial charge on any atom is -0.334 e. The predicted octanol–water partition coefficient (Wildman–Crippen LogP) is 15.4. The molecular formula is C64H62BN3. The van der Waals surface area contributed by atoms with Gasteiger partial charge in [0.1, 0.15) is 0 Å². The lowest BCUT2D eigenvalue weighted by atomic mass is 9.33. The van der Waals surface area contributed by atoms with Crippen LogP contribution in [0.4, 0.5) is 45.5 Å². The standard InChI is InChI=1S/C64H62BN3/c1-61(2,3)45-33-35-53(48(39-45)43-23-11-9-12-24-43)66-56-31-19-16-28-51(56)65-52-29-17-20-32-57(52)67(54-36-34-46(62(4,5)6)40-49(54)44-25-13-10-14-26-44)59-42-47(41-58(66)60(59)65)68-55-30-18-15-27-50(55)63(7)37-21-22-38-64(63,68)8/h9-20,23-36,39-42H,21-22,37-38H2,1-8H3. The summed E-state index contributed by atoms with van der Waals surface area (Å²) in [5.41, 5.74) is 22.7. The van der Waals surface area contributed by atoms with Gasteiger partial charge in [-0.3, -0.25) is 0 Å². The molecule has 12 rings (SSSR count). The number of rotatable bonds is 5. The van der Waals surface area contributed by atoms with Crippen LogP contribution in [0.2, 0.25) is 0 Å². The number of benzene rings is 8. The molecule has 3 heterocycles. The summed E-state index contributed by atoms with van der Waals surface area (Å²) in [5, 5.41) is 0. The summed E-state index contributed by atoms with van der Waals surface area (Å²) in [4.78, 5) is 8.06. The van der Waals surface area contributed by atoms with Crippen molar-refractivity contribution in [1.29, 1.82) is 0 Å². The maximum atomic E-state index is 2.78. The van der Waals surface area contributed by atoms with Crippen molar-refractivity contribution in [3.05, 3.63) is 199 Å². The highest BCUT2D eigenvalue weighted by molar-refractivity contribution is 7.00. The first-order valence-electron chi connectivity index (χ1n) is 25.0. The molecule has 4 aliphatic rings. The number of hydrogen-bond donors (Lipinski definition) is 0. The van der Waals surface area contributed by atoms with Crippen LogP contribution in [-0.4, -0.2) is 12.3 Å². The van der Waals surface area contributed by atoms with Gasteiger partial charge in [-0.2, -0.15) is 0 Å². The Morgan fingerprint density at radius 1 is 0.426 bits per heavy atom. The van der Waals surface area contributed by atoms with E-state index >= 15 is 0 Å². The Labute approximate surface area is 405 Å². The van der Waals surface area contributed by atoms with Crippen molar-refractivity contribution < 1.29 is 0 Å². The molecule has 2 unspecified atom stereocenters. The number of para-hydroxylation sites is 3. The monoisotopic (exact) mass is 884 g/mol. The molecule has 1 aliphatic carbocycles. The van der Waals surface area contributed by atoms with E-state index in [1.165, 1.54) is 120 Å². The lowest BCUT2D eigenvalue weighted by Crippen LogP contribution is -2.61. The summed E-state index contributed by atoms with van der Waals surface area (Å²) in [6.45, 7) is 19.1. The van der Waals surface area contributed by atoms with Gasteiger partial charge in [-0.25, -0.2) is 0 Å². The third-order valence-electron chi connectivity index (χ3n) is 16.5. The van der Waals surface area contributed by atoms with E-state index in [0.29, 0.717) is 0 Å². The van der Waals surface area contributed by atoms with E-state index in [-0.39, 0.29) is 28.5 Å². The van der Waals surface area contributed by atoms with Gasteiger partial charge in [0.05, 0.1) is 16.9 Å². The van der Waals surface area contributed by atoms with Crippen LogP contribution in [-0.2, 0) is 16.2 Å². The van der Waals surface area contributed by atoms with Crippen LogP contribution < -0.4 is 31.1 Å². The van der Waals surface area contributed by atoms with E-state index in [0.717, 1.165) is 6.42 Å². The normalized spacial score (nSPS) is 19.2. The highest BCUT2D eigenvalue weighted by Gasteiger charge is 2.58. The SMILES string of the molecule is CC(C)(C)c1ccc(N2c3ccccc3B3c4ccccc4N(c4ccc(C(C)(C)C)cc4-c4ccccc4)c4cc(N5c6ccccc6C6(C)CCCCC56C)cc2c43)c(-c2ccccc2)c1. The quantitative estimate of drug-likeness (QED) is 0.159. The summed E-state index contributed by atoms with van der Waals surface area (Å²) in [5.74, 6) is 0. The molecule has 1 saturated carbocycles. The number of nitrogens with zero attached hydrogens (tertiary/aromatic N) is 3. The zero-order valence-electron chi connectivity index (χ0n) is 41.1. The number of hydrogen-bond acceptors (Lipinski definition) is 3. The minimum atomic E-state index is -0.128. The highest BCUT2D eigenvalue weighted by Crippen LogP contribution is 2.62. The summed E-state index contributed by atoms with van der Waals surface area (Å²) in [7, 11) is 0. The van der Waals surface area contributed by atoms with Gasteiger partial charge in [-0.1, -0.05) is 189 Å². The average molecular weight is 884 g/mol. The largest absolute Gasteiger partial charge is 0.334 e. The molecule has 3 aliphatic heterocycles. The van der Waals surface area contributed by atoms with Crippen molar-refractivity contribution in [3.63, 3.8) is 0 Å². The third-order valence-corrected chi connectivity index (χ3v) is 16.5. The van der Waals surface area contributed by atoms with Crippen LogP contribution in [0, 0.1) is 0 Å². The summed E-state index contributed by atoms with van der Waals surface area (Å²) in [6.07, 6.45) is 4.78. The Kier molecular flexibility index (Phi) is 9.62. The lowest BCUT2D eigenvalue weighted by Gasteiger charge is -2.51. The molecule has 4 heteroatoms. The van der Waals surface area contributed by atoms with Crippen LogP contribution >= 0.6 is 0 Å². The van der Waals surface area contributed by atoms with Crippen LogP contribution in [0.3, 0.4) is 0 Å². The van der Waals surface area contributed by atoms with E-state index in [1.807, 2.05) is 0 Å². The maximum Gasteiger partial charge on any atom is 0.252 e. The Balaban J connectivity index is 1.22. The second-order valence-corrected chi connectivity index (χ2v) is 22.5. The Hall–Kier alpha value is -6.78. The predicted molar refractivity (Wildman–Crippen MR) is 292 cm³/mol. The van der Waals surface area contributed by atoms with E-state index in [9.17, 15) is 0 Å². The van der Waals surface area contributed by atoms with E-state index < -0.39 is 0 Å². The van der Waals surface area contributed by atoms with E-state index in [4.69, 9.17) is 0 Å². The van der Waals surface area contributed by atoms with Gasteiger partial charge >= 0.3 is 0 Å². The van der Waals surface area contributed by atoms with E-state index in [2.05, 4.69) is 252 Å². The molecule has 0 amide bonds. The van der Waals surface area contributed by atoms with Crippen LogP contribution in [0.1, 0.15) is 97.8 Å². The summed E-state index contributed by atoms with van der Waals surface area (Å²) < 4.78 is 0. The molecule has 0 N–H and O–H groups in total. The molecule has 0 radical (unpaired) electrons. The molecule has 0 aromatic heterocycles. The second-order valence-electron chi connectivity index (χ2n) is 22.5. The van der Waals surface area contributed by atoms with Crippen LogP contribution in [0.25, 0.3) is 22.3 Å².